The van der Waals surface area contributed by atoms with E-state index in [0.29, 0.717) is 17.2 Å². The minimum atomic E-state index is -0.622. The van der Waals surface area contributed by atoms with Crippen molar-refractivity contribution in [2.75, 3.05) is 5.32 Å². The van der Waals surface area contributed by atoms with Gasteiger partial charge in [0.15, 0.2) is 0 Å². The summed E-state index contributed by atoms with van der Waals surface area (Å²) < 4.78 is 1.85. The van der Waals surface area contributed by atoms with Gasteiger partial charge >= 0.3 is 0 Å². The van der Waals surface area contributed by atoms with Crippen LogP contribution in [0.15, 0.2) is 54.7 Å². The van der Waals surface area contributed by atoms with Gasteiger partial charge in [0.25, 0.3) is 11.7 Å². The number of hydrogen-bond donors (Lipinski definition) is 1. The maximum Gasteiger partial charge on any atom is 0.296 e. The molecule has 1 heterocycles. The number of Topliss-reactive ketones (excluding diaryl/α,β-unsaturated/α-hetero) is 1. The molecule has 0 aliphatic rings. The largest absolute Gasteiger partial charge is 0.350 e. The molecule has 0 fully saturated rings. The zero-order chi connectivity index (χ0) is 17.3. The first-order chi connectivity index (χ1) is 11.5. The maximum atomic E-state index is 12.5. The van der Waals surface area contributed by atoms with Gasteiger partial charge in [0.2, 0.25) is 0 Å². The van der Waals surface area contributed by atoms with Gasteiger partial charge < -0.3 is 9.88 Å². The van der Waals surface area contributed by atoms with Crippen molar-refractivity contribution in [3.05, 3.63) is 65.9 Å². The lowest BCUT2D eigenvalue weighted by molar-refractivity contribution is -0.112. The third kappa shape index (κ3) is 2.95. The third-order valence-electron chi connectivity index (χ3n) is 4.18. The molecule has 122 valence electrons. The van der Waals surface area contributed by atoms with Crippen LogP contribution in [0.3, 0.4) is 0 Å². The predicted octanol–water partition coefficient (Wildman–Crippen LogP) is 4.12. The number of nitrogens with one attached hydrogen (secondary N) is 1. The van der Waals surface area contributed by atoms with Crippen molar-refractivity contribution < 1.29 is 9.59 Å². The molecule has 0 aliphatic carbocycles. The number of amides is 1. The lowest BCUT2D eigenvalue weighted by Gasteiger charge is -2.08. The van der Waals surface area contributed by atoms with E-state index in [1.54, 1.807) is 6.20 Å². The van der Waals surface area contributed by atoms with Gasteiger partial charge in [-0.1, -0.05) is 44.2 Å². The van der Waals surface area contributed by atoms with Gasteiger partial charge in [-0.2, -0.15) is 0 Å². The minimum absolute atomic E-state index is 0.421. The fourth-order valence-corrected chi connectivity index (χ4v) is 2.78. The number of benzene rings is 2. The standard InChI is InChI=1S/C20H20N2O2/c1-13(2)14-8-10-15(11-9-14)21-20(24)19(23)17-12-22(3)18-7-5-4-6-16(17)18/h4-13H,1-3H3,(H,21,24). The molecule has 0 bridgehead atoms. The Labute approximate surface area is 141 Å². The Morgan fingerprint density at radius 2 is 1.67 bits per heavy atom. The molecule has 0 saturated heterocycles. The van der Waals surface area contributed by atoms with Crippen molar-refractivity contribution in [1.82, 2.24) is 4.57 Å². The van der Waals surface area contributed by atoms with Crippen LogP contribution in [0.25, 0.3) is 10.9 Å². The Morgan fingerprint density at radius 1 is 1.00 bits per heavy atom. The van der Waals surface area contributed by atoms with Crippen LogP contribution in [0.4, 0.5) is 5.69 Å². The van der Waals surface area contributed by atoms with Crippen LogP contribution in [-0.4, -0.2) is 16.3 Å². The highest BCUT2D eigenvalue weighted by Crippen LogP contribution is 2.22. The molecule has 4 heteroatoms. The number of nitrogens with zero attached hydrogens (tertiary/aromatic N) is 1. The quantitative estimate of drug-likeness (QED) is 0.580. The summed E-state index contributed by atoms with van der Waals surface area (Å²) in [5.74, 6) is -0.726. The summed E-state index contributed by atoms with van der Waals surface area (Å²) in [5, 5.41) is 3.47. The van der Waals surface area contributed by atoms with E-state index in [1.807, 2.05) is 60.1 Å². The predicted molar refractivity (Wildman–Crippen MR) is 96.4 cm³/mol. The van der Waals surface area contributed by atoms with Gasteiger partial charge in [-0.25, -0.2) is 0 Å². The zero-order valence-corrected chi connectivity index (χ0v) is 14.0. The fraction of sp³-hybridized carbons (Fsp3) is 0.200. The van der Waals surface area contributed by atoms with Gasteiger partial charge in [0, 0.05) is 29.8 Å². The molecule has 4 nitrogen and oxygen atoms in total. The van der Waals surface area contributed by atoms with Crippen LogP contribution in [0.1, 0.15) is 35.7 Å². The van der Waals surface area contributed by atoms with E-state index in [4.69, 9.17) is 0 Å². The van der Waals surface area contributed by atoms with Gasteiger partial charge in [-0.05, 0) is 29.7 Å². The number of para-hydroxylation sites is 1. The Balaban J connectivity index is 1.83. The molecule has 24 heavy (non-hydrogen) atoms. The number of aryl methyl sites for hydroxylation is 1. The Morgan fingerprint density at radius 3 is 2.33 bits per heavy atom. The summed E-state index contributed by atoms with van der Waals surface area (Å²) in [5.41, 5.74) is 3.16. The van der Waals surface area contributed by atoms with Crippen molar-refractivity contribution in [2.45, 2.75) is 19.8 Å². The van der Waals surface area contributed by atoms with E-state index in [9.17, 15) is 9.59 Å². The average molecular weight is 320 g/mol. The number of carbonyl (C=O) groups excluding carboxylic acids is 2. The van der Waals surface area contributed by atoms with Crippen LogP contribution < -0.4 is 5.32 Å². The number of anilines is 1. The minimum Gasteiger partial charge on any atom is -0.350 e. The zero-order valence-electron chi connectivity index (χ0n) is 14.0. The lowest BCUT2D eigenvalue weighted by atomic mass is 10.0. The average Bonchev–Trinajstić information content (AvgIpc) is 2.92. The smallest absolute Gasteiger partial charge is 0.296 e. The van der Waals surface area contributed by atoms with Crippen molar-refractivity contribution in [2.24, 2.45) is 7.05 Å². The number of aromatic nitrogens is 1. The number of carbonyl (C=O) groups is 2. The molecule has 3 rings (SSSR count). The van der Waals surface area contributed by atoms with Crippen LogP contribution in [-0.2, 0) is 11.8 Å². The summed E-state index contributed by atoms with van der Waals surface area (Å²) >= 11 is 0. The second kappa shape index (κ2) is 6.32. The topological polar surface area (TPSA) is 51.1 Å². The second-order valence-electron chi connectivity index (χ2n) is 6.23. The van der Waals surface area contributed by atoms with Crippen molar-refractivity contribution in [1.29, 1.82) is 0 Å². The molecule has 0 aliphatic heterocycles. The number of hydrogen-bond acceptors (Lipinski definition) is 2. The van der Waals surface area contributed by atoms with Crippen LogP contribution in [0.5, 0.6) is 0 Å². The van der Waals surface area contributed by atoms with Crippen molar-refractivity contribution in [3.8, 4) is 0 Å². The van der Waals surface area contributed by atoms with E-state index in [1.165, 1.54) is 5.56 Å². The molecule has 1 aromatic heterocycles. The van der Waals surface area contributed by atoms with Gasteiger partial charge in [0.1, 0.15) is 0 Å². The molecule has 2 aromatic carbocycles. The highest BCUT2D eigenvalue weighted by Gasteiger charge is 2.21. The second-order valence-corrected chi connectivity index (χ2v) is 6.23. The first-order valence-electron chi connectivity index (χ1n) is 7.97. The van der Waals surface area contributed by atoms with Gasteiger partial charge in [-0.3, -0.25) is 9.59 Å². The van der Waals surface area contributed by atoms with E-state index in [-0.39, 0.29) is 0 Å². The molecular weight excluding hydrogens is 300 g/mol. The number of fused-ring (bicyclic) bond motifs is 1. The van der Waals surface area contributed by atoms with Crippen LogP contribution >= 0.6 is 0 Å². The third-order valence-corrected chi connectivity index (χ3v) is 4.18. The van der Waals surface area contributed by atoms with E-state index < -0.39 is 11.7 Å². The van der Waals surface area contributed by atoms with Crippen molar-refractivity contribution >= 4 is 28.3 Å². The van der Waals surface area contributed by atoms with Gasteiger partial charge in [0.05, 0.1) is 5.56 Å². The summed E-state index contributed by atoms with van der Waals surface area (Å²) in [6.45, 7) is 4.22. The molecule has 0 saturated carbocycles. The molecule has 3 aromatic rings. The molecule has 0 unspecified atom stereocenters. The Kier molecular flexibility index (Phi) is 4.21. The van der Waals surface area contributed by atoms with Crippen molar-refractivity contribution in [3.63, 3.8) is 0 Å². The van der Waals surface area contributed by atoms with Crippen LogP contribution in [0.2, 0.25) is 0 Å². The maximum absolute atomic E-state index is 12.5. The summed E-state index contributed by atoms with van der Waals surface area (Å²) in [6, 6.07) is 15.1. The first-order valence-corrected chi connectivity index (χ1v) is 7.97. The van der Waals surface area contributed by atoms with E-state index in [0.717, 1.165) is 10.9 Å². The molecule has 1 N–H and O–H groups in total. The van der Waals surface area contributed by atoms with Crippen LogP contribution in [0, 0.1) is 0 Å². The number of ketones is 1. The molecule has 0 atom stereocenters. The summed E-state index contributed by atoms with van der Waals surface area (Å²) in [7, 11) is 1.86. The molecule has 0 spiro atoms. The first kappa shape index (κ1) is 16.0. The Bertz CT molecular complexity index is 905. The highest BCUT2D eigenvalue weighted by molar-refractivity contribution is 6.48. The molecule has 1 amide bonds. The Hall–Kier alpha value is -2.88. The van der Waals surface area contributed by atoms with E-state index >= 15 is 0 Å². The molecule has 0 radical (unpaired) electrons. The van der Waals surface area contributed by atoms with E-state index in [2.05, 4.69) is 19.2 Å². The SMILES string of the molecule is CC(C)c1ccc(NC(=O)C(=O)c2cn(C)c3ccccc23)cc1. The lowest BCUT2D eigenvalue weighted by Crippen LogP contribution is -2.22. The normalized spacial score (nSPS) is 11.0. The summed E-state index contributed by atoms with van der Waals surface area (Å²) in [6.07, 6.45) is 1.70. The molecular formula is C20H20N2O2. The highest BCUT2D eigenvalue weighted by atomic mass is 16.2. The monoisotopic (exact) mass is 320 g/mol. The summed E-state index contributed by atoms with van der Waals surface area (Å²) in [4.78, 5) is 24.8. The fourth-order valence-electron chi connectivity index (χ4n) is 2.78. The number of rotatable bonds is 4. The van der Waals surface area contributed by atoms with Gasteiger partial charge in [-0.15, -0.1) is 0 Å².